The number of nitrogens with zero attached hydrogens (tertiary/aromatic N) is 2. The van der Waals surface area contributed by atoms with Crippen LogP contribution >= 0.6 is 22.6 Å². The number of aliphatic hydroxyl groups is 1. The number of aromatic nitrogens is 2. The molecule has 2 N–H and O–H groups in total. The number of aliphatic hydroxyl groups excluding tert-OH is 1. The van der Waals surface area contributed by atoms with Gasteiger partial charge in [0, 0.05) is 18.8 Å². The Hall–Kier alpha value is -1.48. The number of nitrogens with one attached hydrogen (secondary N) is 1. The molecule has 118 valence electrons. The fraction of sp³-hybridized carbons (Fsp3) is 0.333. The molecule has 0 spiro atoms. The van der Waals surface area contributed by atoms with Crippen LogP contribution < -0.4 is 4.74 Å². The van der Waals surface area contributed by atoms with Gasteiger partial charge in [-0.3, -0.25) is 10.1 Å². The second-order valence-corrected chi connectivity index (χ2v) is 5.73. The molecule has 0 radical (unpaired) electrons. The van der Waals surface area contributed by atoms with Crippen LogP contribution in [0.5, 0.6) is 5.75 Å². The van der Waals surface area contributed by atoms with Gasteiger partial charge in [-0.15, -0.1) is 0 Å². The van der Waals surface area contributed by atoms with Crippen molar-refractivity contribution in [1.82, 2.24) is 10.2 Å². The normalized spacial score (nSPS) is 11.3. The molecule has 0 aliphatic heterocycles. The third kappa shape index (κ3) is 4.26. The van der Waals surface area contributed by atoms with E-state index in [2.05, 4.69) is 37.8 Å². The summed E-state index contributed by atoms with van der Waals surface area (Å²) in [7, 11) is 1.71. The zero-order chi connectivity index (χ0) is 15.9. The summed E-state index contributed by atoms with van der Waals surface area (Å²) in [5, 5.41) is 16.4. The fourth-order valence-electron chi connectivity index (χ4n) is 2.00. The molecule has 2 rings (SSSR count). The first-order valence-corrected chi connectivity index (χ1v) is 7.90. The van der Waals surface area contributed by atoms with Crippen molar-refractivity contribution in [2.75, 3.05) is 13.7 Å². The van der Waals surface area contributed by atoms with Gasteiger partial charge < -0.3 is 9.84 Å². The molecule has 1 aromatic carbocycles. The number of hydrogen-bond acceptors (Lipinski definition) is 4. The summed E-state index contributed by atoms with van der Waals surface area (Å²) in [6, 6.07) is 4.14. The molecule has 1 heterocycles. The molecular formula is C15H17FIN3O2. The molecule has 0 saturated carbocycles. The third-order valence-electron chi connectivity index (χ3n) is 3.07. The van der Waals surface area contributed by atoms with Crippen molar-refractivity contribution in [3.8, 4) is 5.75 Å². The van der Waals surface area contributed by atoms with Crippen LogP contribution in [-0.2, 0) is 13.0 Å². The Balaban J connectivity index is 1.87. The van der Waals surface area contributed by atoms with Gasteiger partial charge in [-0.05, 0) is 53.6 Å². The Morgan fingerprint density at radius 2 is 2.32 bits per heavy atom. The highest BCUT2D eigenvalue weighted by molar-refractivity contribution is 14.1. The number of hydrogen-bond donors (Lipinski definition) is 2. The van der Waals surface area contributed by atoms with E-state index in [4.69, 9.17) is 4.74 Å². The molecule has 5 nitrogen and oxygen atoms in total. The van der Waals surface area contributed by atoms with E-state index in [1.165, 1.54) is 18.2 Å². The van der Waals surface area contributed by atoms with Crippen molar-refractivity contribution in [2.45, 2.75) is 19.4 Å². The highest BCUT2D eigenvalue weighted by atomic mass is 127. The van der Waals surface area contributed by atoms with Gasteiger partial charge in [0.15, 0.2) is 0 Å². The third-order valence-corrected chi connectivity index (χ3v) is 4.27. The smallest absolute Gasteiger partial charge is 0.125 e. The standard InChI is InChI=1S/C15H17FIN3O2/c1-18-8-13-15(17)12(19-20-13)3-2-6-22-14-5-4-11(16)7-10(14)9-21/h4-5,7-8,21H,2-3,6,9H2,1H3,(H,19,20)/b18-8-. The second-order valence-electron chi connectivity index (χ2n) is 4.65. The van der Waals surface area contributed by atoms with E-state index in [1.807, 2.05) is 0 Å². The molecule has 0 amide bonds. The summed E-state index contributed by atoms with van der Waals surface area (Å²) in [5.74, 6) is 0.132. The van der Waals surface area contributed by atoms with Gasteiger partial charge in [-0.1, -0.05) is 0 Å². The first-order valence-electron chi connectivity index (χ1n) is 6.82. The molecule has 0 aliphatic carbocycles. The zero-order valence-electron chi connectivity index (χ0n) is 12.1. The van der Waals surface area contributed by atoms with Crippen molar-refractivity contribution in [3.05, 3.63) is 44.5 Å². The number of aromatic amines is 1. The van der Waals surface area contributed by atoms with Gasteiger partial charge in [0.25, 0.3) is 0 Å². The van der Waals surface area contributed by atoms with Gasteiger partial charge in [-0.25, -0.2) is 4.39 Å². The number of halogens is 2. The van der Waals surface area contributed by atoms with Gasteiger partial charge in [0.1, 0.15) is 11.6 Å². The minimum absolute atomic E-state index is 0.246. The van der Waals surface area contributed by atoms with E-state index >= 15 is 0 Å². The van der Waals surface area contributed by atoms with Crippen molar-refractivity contribution < 1.29 is 14.2 Å². The number of H-pyrrole nitrogens is 1. The van der Waals surface area contributed by atoms with E-state index < -0.39 is 0 Å². The predicted molar refractivity (Wildman–Crippen MR) is 91.0 cm³/mol. The van der Waals surface area contributed by atoms with Crippen molar-refractivity contribution >= 4 is 28.8 Å². The van der Waals surface area contributed by atoms with Crippen molar-refractivity contribution in [2.24, 2.45) is 4.99 Å². The van der Waals surface area contributed by atoms with E-state index in [1.54, 1.807) is 13.3 Å². The van der Waals surface area contributed by atoms with Crippen molar-refractivity contribution in [3.63, 3.8) is 0 Å². The largest absolute Gasteiger partial charge is 0.493 e. The molecule has 0 aliphatic rings. The molecule has 7 heteroatoms. The Labute approximate surface area is 141 Å². The molecule has 1 aromatic heterocycles. The summed E-state index contributed by atoms with van der Waals surface area (Å²) >= 11 is 2.24. The summed E-state index contributed by atoms with van der Waals surface area (Å²) in [5.41, 5.74) is 2.33. The lowest BCUT2D eigenvalue weighted by Crippen LogP contribution is -2.03. The monoisotopic (exact) mass is 417 g/mol. The second kappa shape index (κ2) is 8.23. The van der Waals surface area contributed by atoms with Crippen LogP contribution in [0.15, 0.2) is 23.2 Å². The van der Waals surface area contributed by atoms with E-state index in [0.29, 0.717) is 17.9 Å². The maximum absolute atomic E-state index is 13.1. The maximum atomic E-state index is 13.1. The number of benzene rings is 1. The first-order chi connectivity index (χ1) is 10.7. The minimum atomic E-state index is -0.382. The zero-order valence-corrected chi connectivity index (χ0v) is 14.3. The molecule has 0 atom stereocenters. The summed E-state index contributed by atoms with van der Waals surface area (Å²) in [6.45, 7) is 0.225. The lowest BCUT2D eigenvalue weighted by molar-refractivity contribution is 0.260. The summed E-state index contributed by atoms with van der Waals surface area (Å²) in [6.07, 6.45) is 3.27. The highest BCUT2D eigenvalue weighted by Gasteiger charge is 2.09. The SMILES string of the molecule is C/N=C\c1[nH]nc(CCCOc2ccc(F)cc2CO)c1I. The lowest BCUT2D eigenvalue weighted by atomic mass is 10.2. The van der Waals surface area contributed by atoms with E-state index in [9.17, 15) is 9.50 Å². The fourth-order valence-corrected chi connectivity index (χ4v) is 2.65. The minimum Gasteiger partial charge on any atom is -0.493 e. The van der Waals surface area contributed by atoms with Crippen LogP contribution in [0.1, 0.15) is 23.4 Å². The van der Waals surface area contributed by atoms with Gasteiger partial charge >= 0.3 is 0 Å². The van der Waals surface area contributed by atoms with Crippen LogP contribution in [0, 0.1) is 9.39 Å². The average Bonchev–Trinajstić information content (AvgIpc) is 2.86. The molecule has 22 heavy (non-hydrogen) atoms. The number of aryl methyl sites for hydroxylation is 1. The Morgan fingerprint density at radius 3 is 3.05 bits per heavy atom. The van der Waals surface area contributed by atoms with Crippen molar-refractivity contribution in [1.29, 1.82) is 0 Å². The number of ether oxygens (including phenoxy) is 1. The van der Waals surface area contributed by atoms with Crippen LogP contribution in [0.3, 0.4) is 0 Å². The van der Waals surface area contributed by atoms with Crippen LogP contribution in [-0.4, -0.2) is 35.2 Å². The maximum Gasteiger partial charge on any atom is 0.125 e. The van der Waals surface area contributed by atoms with Crippen LogP contribution in [0.2, 0.25) is 0 Å². The summed E-state index contributed by atoms with van der Waals surface area (Å²) in [4.78, 5) is 3.96. The molecule has 2 aromatic rings. The molecule has 0 bridgehead atoms. The molecule has 0 unspecified atom stereocenters. The van der Waals surface area contributed by atoms with E-state index in [-0.39, 0.29) is 12.4 Å². The van der Waals surface area contributed by atoms with Crippen LogP contribution in [0.25, 0.3) is 0 Å². The highest BCUT2D eigenvalue weighted by Crippen LogP contribution is 2.20. The Bertz CT molecular complexity index is 658. The van der Waals surface area contributed by atoms with Gasteiger partial charge in [0.2, 0.25) is 0 Å². The Kier molecular flexibility index (Phi) is 6.32. The lowest BCUT2D eigenvalue weighted by Gasteiger charge is -2.09. The Morgan fingerprint density at radius 1 is 1.50 bits per heavy atom. The number of aliphatic imine (C=N–C) groups is 1. The molecule has 0 fully saturated rings. The van der Waals surface area contributed by atoms with Gasteiger partial charge in [0.05, 0.1) is 28.2 Å². The van der Waals surface area contributed by atoms with Gasteiger partial charge in [-0.2, -0.15) is 5.10 Å². The molecular weight excluding hydrogens is 400 g/mol. The average molecular weight is 417 g/mol. The summed E-state index contributed by atoms with van der Waals surface area (Å²) < 4.78 is 19.7. The van der Waals surface area contributed by atoms with Crippen LogP contribution in [0.4, 0.5) is 4.39 Å². The quantitative estimate of drug-likeness (QED) is 0.414. The van der Waals surface area contributed by atoms with E-state index in [0.717, 1.165) is 27.8 Å². The topological polar surface area (TPSA) is 70.5 Å². The first kappa shape index (κ1) is 16.9. The predicted octanol–water partition coefficient (Wildman–Crippen LogP) is 2.71. The molecule has 0 saturated heterocycles. The number of rotatable bonds is 7.